The molecular formula is C12H13N3O4. The van der Waals surface area contributed by atoms with Crippen molar-refractivity contribution >= 4 is 17.4 Å². The standard InChI is InChI=1S/C12H13N3O4/c1-3-9(7-16)13-12(17)14-10-5-4-6-11(8(10)2)15(18)19/h1,4-6,9,16H,7H2,2H3,(H2,13,14,17). The van der Waals surface area contributed by atoms with Crippen molar-refractivity contribution < 1.29 is 14.8 Å². The first-order valence-corrected chi connectivity index (χ1v) is 5.38. The van der Waals surface area contributed by atoms with Gasteiger partial charge in [0.2, 0.25) is 0 Å². The van der Waals surface area contributed by atoms with E-state index in [1.165, 1.54) is 25.1 Å². The summed E-state index contributed by atoms with van der Waals surface area (Å²) in [5, 5.41) is 24.4. The van der Waals surface area contributed by atoms with Gasteiger partial charge in [-0.25, -0.2) is 4.79 Å². The molecule has 19 heavy (non-hydrogen) atoms. The summed E-state index contributed by atoms with van der Waals surface area (Å²) in [7, 11) is 0. The van der Waals surface area contributed by atoms with E-state index in [0.29, 0.717) is 11.3 Å². The highest BCUT2D eigenvalue weighted by Crippen LogP contribution is 2.24. The Labute approximate surface area is 109 Å². The Kier molecular flexibility index (Phi) is 4.85. The monoisotopic (exact) mass is 263 g/mol. The van der Waals surface area contributed by atoms with Gasteiger partial charge in [0, 0.05) is 6.07 Å². The molecule has 7 heteroatoms. The number of terminal acetylenes is 1. The van der Waals surface area contributed by atoms with E-state index in [0.717, 1.165) is 0 Å². The first-order chi connectivity index (χ1) is 8.99. The molecule has 1 atom stereocenters. The summed E-state index contributed by atoms with van der Waals surface area (Å²) < 4.78 is 0. The predicted octanol–water partition coefficient (Wildman–Crippen LogP) is 1.02. The number of aliphatic hydroxyl groups is 1. The van der Waals surface area contributed by atoms with Gasteiger partial charge in [0.25, 0.3) is 5.69 Å². The molecule has 0 heterocycles. The Morgan fingerprint density at radius 2 is 2.32 bits per heavy atom. The number of rotatable bonds is 4. The van der Waals surface area contributed by atoms with Crippen LogP contribution in [0.3, 0.4) is 0 Å². The SMILES string of the molecule is C#CC(CO)NC(=O)Nc1cccc([N+](=O)[O-])c1C. The number of anilines is 1. The van der Waals surface area contributed by atoms with Crippen LogP contribution in [0.15, 0.2) is 18.2 Å². The second-order valence-electron chi connectivity index (χ2n) is 3.71. The third-order valence-corrected chi connectivity index (χ3v) is 2.44. The van der Waals surface area contributed by atoms with Crippen LogP contribution in [0.4, 0.5) is 16.2 Å². The number of aliphatic hydroxyl groups excluding tert-OH is 1. The van der Waals surface area contributed by atoms with Crippen molar-refractivity contribution in [2.45, 2.75) is 13.0 Å². The molecule has 0 saturated carbocycles. The van der Waals surface area contributed by atoms with Gasteiger partial charge in [-0.15, -0.1) is 6.42 Å². The molecule has 1 rings (SSSR count). The van der Waals surface area contributed by atoms with Crippen LogP contribution in [0.5, 0.6) is 0 Å². The number of benzene rings is 1. The van der Waals surface area contributed by atoms with Crippen LogP contribution in [-0.4, -0.2) is 28.7 Å². The molecule has 0 bridgehead atoms. The lowest BCUT2D eigenvalue weighted by molar-refractivity contribution is -0.385. The van der Waals surface area contributed by atoms with Crippen LogP contribution >= 0.6 is 0 Å². The number of carbonyl (C=O) groups excluding carboxylic acids is 1. The van der Waals surface area contributed by atoms with Gasteiger partial charge < -0.3 is 15.7 Å². The van der Waals surface area contributed by atoms with Gasteiger partial charge in [-0.2, -0.15) is 0 Å². The lowest BCUT2D eigenvalue weighted by Crippen LogP contribution is -2.39. The number of nitrogens with one attached hydrogen (secondary N) is 2. The summed E-state index contributed by atoms with van der Waals surface area (Å²) in [4.78, 5) is 21.8. The smallest absolute Gasteiger partial charge is 0.320 e. The van der Waals surface area contributed by atoms with E-state index < -0.39 is 23.6 Å². The topological polar surface area (TPSA) is 104 Å². The number of urea groups is 1. The van der Waals surface area contributed by atoms with Gasteiger partial charge in [-0.1, -0.05) is 12.0 Å². The highest BCUT2D eigenvalue weighted by Gasteiger charge is 2.15. The molecule has 0 aliphatic carbocycles. The van der Waals surface area contributed by atoms with Crippen molar-refractivity contribution in [1.82, 2.24) is 5.32 Å². The van der Waals surface area contributed by atoms with Gasteiger partial charge in [0.05, 0.1) is 22.8 Å². The average molecular weight is 263 g/mol. The molecular weight excluding hydrogens is 250 g/mol. The van der Waals surface area contributed by atoms with Crippen LogP contribution in [0.25, 0.3) is 0 Å². The van der Waals surface area contributed by atoms with Crippen molar-refractivity contribution in [3.05, 3.63) is 33.9 Å². The van der Waals surface area contributed by atoms with Crippen molar-refractivity contribution in [2.75, 3.05) is 11.9 Å². The van der Waals surface area contributed by atoms with Crippen LogP contribution in [0.1, 0.15) is 5.56 Å². The zero-order valence-corrected chi connectivity index (χ0v) is 10.2. The minimum absolute atomic E-state index is 0.0894. The largest absolute Gasteiger partial charge is 0.393 e. The van der Waals surface area contributed by atoms with Crippen LogP contribution in [-0.2, 0) is 0 Å². The minimum Gasteiger partial charge on any atom is -0.393 e. The molecule has 0 saturated heterocycles. The fourth-order valence-corrected chi connectivity index (χ4v) is 1.41. The van der Waals surface area contributed by atoms with Crippen LogP contribution < -0.4 is 10.6 Å². The van der Waals surface area contributed by atoms with E-state index in [1.54, 1.807) is 0 Å². The van der Waals surface area contributed by atoms with E-state index >= 15 is 0 Å². The van der Waals surface area contributed by atoms with Crippen LogP contribution in [0.2, 0.25) is 0 Å². The number of hydrogen-bond acceptors (Lipinski definition) is 4. The molecule has 1 aromatic carbocycles. The fourth-order valence-electron chi connectivity index (χ4n) is 1.41. The fraction of sp³-hybridized carbons (Fsp3) is 0.250. The molecule has 0 aliphatic rings. The van der Waals surface area contributed by atoms with Crippen LogP contribution in [0, 0.1) is 29.4 Å². The number of amides is 2. The lowest BCUT2D eigenvalue weighted by atomic mass is 10.1. The number of hydrogen-bond donors (Lipinski definition) is 3. The molecule has 3 N–H and O–H groups in total. The molecule has 1 unspecified atom stereocenters. The Hall–Kier alpha value is -2.59. The van der Waals surface area contributed by atoms with Crippen molar-refractivity contribution in [3.8, 4) is 12.3 Å². The Morgan fingerprint density at radius 1 is 1.63 bits per heavy atom. The molecule has 7 nitrogen and oxygen atoms in total. The summed E-state index contributed by atoms with van der Waals surface area (Å²) >= 11 is 0. The average Bonchev–Trinajstić information content (AvgIpc) is 2.38. The van der Waals surface area contributed by atoms with E-state index in [1.807, 2.05) is 0 Å². The number of nitrogens with zero attached hydrogens (tertiary/aromatic N) is 1. The normalized spacial score (nSPS) is 11.2. The molecule has 1 aromatic rings. The highest BCUT2D eigenvalue weighted by atomic mass is 16.6. The summed E-state index contributed by atoms with van der Waals surface area (Å²) in [5.74, 6) is 2.18. The van der Waals surface area contributed by atoms with Crippen molar-refractivity contribution in [3.63, 3.8) is 0 Å². The molecule has 0 radical (unpaired) electrons. The van der Waals surface area contributed by atoms with E-state index in [2.05, 4.69) is 16.6 Å². The van der Waals surface area contributed by atoms with Gasteiger partial charge in [0.1, 0.15) is 6.04 Å². The van der Waals surface area contributed by atoms with E-state index in [4.69, 9.17) is 11.5 Å². The zero-order chi connectivity index (χ0) is 14.4. The highest BCUT2D eigenvalue weighted by molar-refractivity contribution is 5.91. The Bertz CT molecular complexity index is 536. The molecule has 0 spiro atoms. The molecule has 0 aliphatic heterocycles. The quantitative estimate of drug-likeness (QED) is 0.428. The van der Waals surface area contributed by atoms with Crippen molar-refractivity contribution in [1.29, 1.82) is 0 Å². The molecule has 100 valence electrons. The predicted molar refractivity (Wildman–Crippen MR) is 69.7 cm³/mol. The van der Waals surface area contributed by atoms with Gasteiger partial charge >= 0.3 is 6.03 Å². The van der Waals surface area contributed by atoms with Gasteiger partial charge in [-0.05, 0) is 13.0 Å². The second-order valence-corrected chi connectivity index (χ2v) is 3.71. The maximum Gasteiger partial charge on any atom is 0.320 e. The number of nitro benzene ring substituents is 1. The van der Waals surface area contributed by atoms with E-state index in [9.17, 15) is 14.9 Å². The third kappa shape index (κ3) is 3.69. The minimum atomic E-state index is -0.806. The third-order valence-electron chi connectivity index (χ3n) is 2.44. The van der Waals surface area contributed by atoms with Gasteiger partial charge in [0.15, 0.2) is 0 Å². The number of carbonyl (C=O) groups is 1. The zero-order valence-electron chi connectivity index (χ0n) is 10.2. The summed E-state index contributed by atoms with van der Waals surface area (Å²) in [6.45, 7) is 1.14. The first-order valence-electron chi connectivity index (χ1n) is 5.38. The Balaban J connectivity index is 2.83. The maximum absolute atomic E-state index is 11.6. The van der Waals surface area contributed by atoms with Crippen molar-refractivity contribution in [2.24, 2.45) is 0 Å². The second kappa shape index (κ2) is 6.37. The van der Waals surface area contributed by atoms with Gasteiger partial charge in [-0.3, -0.25) is 10.1 Å². The first kappa shape index (κ1) is 14.5. The Morgan fingerprint density at radius 3 is 2.84 bits per heavy atom. The molecule has 2 amide bonds. The van der Waals surface area contributed by atoms with E-state index in [-0.39, 0.29) is 5.69 Å². The summed E-state index contributed by atoms with van der Waals surface area (Å²) in [6.07, 6.45) is 5.08. The number of nitro groups is 1. The summed E-state index contributed by atoms with van der Waals surface area (Å²) in [5.41, 5.74) is 0.553. The maximum atomic E-state index is 11.6. The summed E-state index contributed by atoms with van der Waals surface area (Å²) in [6, 6.07) is 2.90. The molecule has 0 fully saturated rings. The molecule has 0 aromatic heterocycles. The lowest BCUT2D eigenvalue weighted by Gasteiger charge is -2.12.